The summed E-state index contributed by atoms with van der Waals surface area (Å²) < 4.78 is 12.2. The number of benzene rings is 3. The zero-order valence-electron chi connectivity index (χ0n) is 72.5. The van der Waals surface area contributed by atoms with Crippen LogP contribution in [0.4, 0.5) is 4.79 Å². The van der Waals surface area contributed by atoms with E-state index in [-0.39, 0.29) is 182 Å². The van der Waals surface area contributed by atoms with Crippen molar-refractivity contribution in [2.75, 3.05) is 81.2 Å². The number of carboxylic acid groups (broad SMARTS) is 1. The summed E-state index contributed by atoms with van der Waals surface area (Å²) in [5.41, 5.74) is 18.1. The number of carbonyl (C=O) groups excluding carboxylic acids is 13. The second-order valence-corrected chi connectivity index (χ2v) is 31.9. The molecule has 0 unspecified atom stereocenters. The van der Waals surface area contributed by atoms with E-state index in [0.29, 0.717) is 48.9 Å². The number of hydrogen-bond acceptors (Lipinski definition) is 20. The van der Waals surface area contributed by atoms with Crippen LogP contribution in [-0.2, 0) is 110 Å². The predicted molar refractivity (Wildman–Crippen MR) is 453 cm³/mol. The molecule has 37 heteroatoms. The Morgan fingerprint density at radius 2 is 1.13 bits per heavy atom. The number of imide groups is 1. The number of guanidine groups is 1. The molecule has 0 bridgehead atoms. The molecule has 0 aromatic heterocycles. The molecule has 14 amide bonds. The number of phenolic OH excluding ortho intramolecular Hbond substituents is 1. The molecule has 0 spiro atoms. The zero-order chi connectivity index (χ0) is 89.6. The smallest absolute Gasteiger partial charge is 0.326 e. The normalized spacial score (nSPS) is 16.4. The number of aliphatic carboxylic acids is 1. The third kappa shape index (κ3) is 34.1. The molecule has 18 N–H and O–H groups in total. The number of methoxy groups -OCH3 is 2. The third-order valence-corrected chi connectivity index (χ3v) is 21.9. The topological polar surface area (TPSA) is 522 Å². The van der Waals surface area contributed by atoms with Gasteiger partial charge in [-0.1, -0.05) is 134 Å². The number of likely N-dealkylation sites (N-methyl/N-ethyl adjacent to an activating group) is 2. The van der Waals surface area contributed by atoms with Gasteiger partial charge in [0.25, 0.3) is 0 Å². The van der Waals surface area contributed by atoms with Crippen LogP contribution in [0.15, 0.2) is 89.9 Å². The molecule has 2 saturated heterocycles. The van der Waals surface area contributed by atoms with Crippen LogP contribution < -0.4 is 70.4 Å². The average Bonchev–Trinajstić information content (AvgIpc) is 1.29. The molecular weight excluding hydrogens is 1610 g/mol. The first-order valence-corrected chi connectivity index (χ1v) is 41.7. The minimum absolute atomic E-state index is 0. The van der Waals surface area contributed by atoms with Crippen molar-refractivity contribution in [1.82, 2.24) is 72.8 Å². The van der Waals surface area contributed by atoms with Gasteiger partial charge in [-0.05, 0) is 118 Å². The summed E-state index contributed by atoms with van der Waals surface area (Å²) >= 11 is 0. The number of unbranched alkanes of at least 4 members (excludes halogenated alkanes) is 1. The maximum absolute atomic E-state index is 14.8. The van der Waals surface area contributed by atoms with Crippen molar-refractivity contribution >= 4 is 88.8 Å². The summed E-state index contributed by atoms with van der Waals surface area (Å²) in [7, 11) is 8.25. The van der Waals surface area contributed by atoms with Crippen molar-refractivity contribution in [3.05, 3.63) is 108 Å². The van der Waals surface area contributed by atoms with Crippen molar-refractivity contribution in [2.24, 2.45) is 45.9 Å². The number of urea groups is 1. The molecular formula is C85H131N18O18V-. The van der Waals surface area contributed by atoms with E-state index < -0.39 is 144 Å². The Bertz CT molecular complexity index is 3900. The van der Waals surface area contributed by atoms with Gasteiger partial charge in [0.05, 0.1) is 54.6 Å². The van der Waals surface area contributed by atoms with Gasteiger partial charge in [-0.2, -0.15) is 0 Å². The number of aliphatic imine (C=N–C) groups is 1. The Hall–Kier alpha value is -10.4. The second-order valence-electron chi connectivity index (χ2n) is 31.9. The van der Waals surface area contributed by atoms with Crippen molar-refractivity contribution in [1.29, 1.82) is 0 Å². The minimum atomic E-state index is -1.56. The number of carboxylic acids is 1. The minimum Gasteiger partial charge on any atom is -0.508 e. The van der Waals surface area contributed by atoms with E-state index in [4.69, 9.17) is 26.7 Å². The van der Waals surface area contributed by atoms with Crippen LogP contribution in [0.1, 0.15) is 149 Å². The molecule has 3 aromatic carbocycles. The first-order valence-electron chi connectivity index (χ1n) is 41.7. The fourth-order valence-corrected chi connectivity index (χ4v) is 15.2. The Morgan fingerprint density at radius 1 is 0.598 bits per heavy atom. The van der Waals surface area contributed by atoms with E-state index >= 15 is 0 Å². The van der Waals surface area contributed by atoms with Crippen LogP contribution in [0.25, 0.3) is 0 Å². The van der Waals surface area contributed by atoms with Crippen LogP contribution in [0.2, 0.25) is 0 Å². The summed E-state index contributed by atoms with van der Waals surface area (Å²) in [5.74, 6) is -9.90. The number of hydrogen-bond donors (Lipinski definition) is 15. The fraction of sp³-hybridized carbons (Fsp3) is 0.600. The van der Waals surface area contributed by atoms with Crippen LogP contribution in [0, 0.1) is 30.1 Å². The molecule has 122 heavy (non-hydrogen) atoms. The number of nitrogens with one attached hydrogen (secondary N) is 10. The molecule has 2 heterocycles. The van der Waals surface area contributed by atoms with Crippen molar-refractivity contribution in [3.63, 3.8) is 0 Å². The van der Waals surface area contributed by atoms with E-state index in [1.165, 1.54) is 44.9 Å². The van der Waals surface area contributed by atoms with Gasteiger partial charge in [0.1, 0.15) is 42.0 Å². The molecule has 0 saturated carbocycles. The van der Waals surface area contributed by atoms with Gasteiger partial charge in [-0.25, -0.2) is 9.59 Å². The molecule has 675 valence electrons. The number of ether oxygens (including phenoxy) is 2. The zero-order valence-corrected chi connectivity index (χ0v) is 73.9. The Morgan fingerprint density at radius 3 is 1.66 bits per heavy atom. The summed E-state index contributed by atoms with van der Waals surface area (Å²) in [6.07, 6.45) is 1.04. The van der Waals surface area contributed by atoms with E-state index in [1.807, 2.05) is 60.5 Å². The van der Waals surface area contributed by atoms with Gasteiger partial charge < -0.3 is 110 Å². The number of primary amides is 1. The van der Waals surface area contributed by atoms with Gasteiger partial charge in [0.2, 0.25) is 59.1 Å². The molecule has 36 nitrogen and oxygen atoms in total. The van der Waals surface area contributed by atoms with Gasteiger partial charge >= 0.3 is 12.0 Å². The molecule has 5 rings (SSSR count). The number of phenols is 1. The number of carbonyl (C=O) groups is 14. The SMILES string of the molecule is CC[C@H](C)[C@@H]([C@@H](CC(=O)N1CCC[C@H]1[C@H](OC)[C@@H](C)C(=O)N[C@@H](Cc1ccccc1)C(=O)NCCC(=O)N[C@@H](Cc1ccccc1)C(=O)N[C@@H](CCCNC(N)=O)C(=O)N[C@@H](CCCCNC(=O)[C@@H](CCCN=C(N)N)NCCN1C(=O)[CH-]CC1=O)C(=O)N[C@@H](Cc1ccc(O)cc1)C(=O)O)OC)N(C)C(=O)[C@@H](NC(=O)[C@H](C(C)C)N(C)C)C(C)C.[V]. The van der Waals surface area contributed by atoms with Gasteiger partial charge in [-0.15, -0.1) is 0 Å². The van der Waals surface area contributed by atoms with E-state index in [9.17, 15) is 77.3 Å². The van der Waals surface area contributed by atoms with Gasteiger partial charge in [0.15, 0.2) is 11.9 Å². The molecule has 2 aliphatic heterocycles. The van der Waals surface area contributed by atoms with Crippen molar-refractivity contribution < 1.29 is 105 Å². The molecule has 14 atom stereocenters. The largest absolute Gasteiger partial charge is 0.508 e. The van der Waals surface area contributed by atoms with Crippen molar-refractivity contribution in [3.8, 4) is 5.75 Å². The van der Waals surface area contributed by atoms with Gasteiger partial charge in [0, 0.05) is 111 Å². The summed E-state index contributed by atoms with van der Waals surface area (Å²) in [6.45, 7) is 13.5. The van der Waals surface area contributed by atoms with Crippen LogP contribution in [0.3, 0.4) is 0 Å². The predicted octanol–water partition coefficient (Wildman–Crippen LogP) is 0.790. The summed E-state index contributed by atoms with van der Waals surface area (Å²) in [5, 5.41) is 48.0. The van der Waals surface area contributed by atoms with Crippen LogP contribution >= 0.6 is 0 Å². The molecule has 2 fully saturated rings. The Kier molecular flexibility index (Phi) is 45.6. The molecule has 0 aliphatic carbocycles. The molecule has 2 aliphatic rings. The monoisotopic (exact) mass is 1740 g/mol. The summed E-state index contributed by atoms with van der Waals surface area (Å²) in [6, 6.07) is 11.7. The van der Waals surface area contributed by atoms with Crippen LogP contribution in [-0.4, -0.2) is 272 Å². The maximum Gasteiger partial charge on any atom is 0.326 e. The maximum atomic E-state index is 14.8. The fourth-order valence-electron chi connectivity index (χ4n) is 15.2. The number of amides is 14. The second kappa shape index (κ2) is 53.5. The first-order chi connectivity index (χ1) is 57.5. The Balaban J connectivity index is 0.0000312. The standard InChI is InChI=1S/C85H131N18O18.V/c1-13-53(6)73(101(10)82(116)71(51(2)3)99-81(115)72(52(4)5)100(8)9)66(120-11)50-70(108)102-45-24-32-65(102)74(121-12)54(7)75(109)97-62(47-55-25-16-14-17-26-55)77(111)91-43-39-67(105)94-63(48-56-27-18-15-19-28-56)80(114)96-61(31-23-42-93-85(88)119)78(112)95-60(79(113)98-64(83(117)118)49-57-33-35-58(104)36-34-57)29-20-21-40-90-76(110)59(30-22-41-92-84(86)87)89-44-46-103-68(106)37-38-69(103)107;/h14-19,25-28,33-37,51-54,59-66,71-74,89,104H,13,20-24,29-32,38-50H2,1-12H3,(H,90,110)(H,91,111)(H,94,105)(H,95,112)(H,96,114)(H,97,109)(H,98,113)(H,99,115)(H,117,118)(H4,86,87,92)(H3,88,93,119);/q-1;/t53-,54+,59+,60-,61-,62-,63-,64-,65-,66+,71-,72-,73-,74+;/m0./s1. The van der Waals surface area contributed by atoms with E-state index in [2.05, 4.69) is 58.2 Å². The number of nitrogens with zero attached hydrogens (tertiary/aromatic N) is 5. The number of rotatable bonds is 54. The number of nitrogens with two attached hydrogens (primary N) is 3. The van der Waals surface area contributed by atoms with E-state index in [1.54, 1.807) is 84.4 Å². The quantitative estimate of drug-likeness (QED) is 0.0122. The van der Waals surface area contributed by atoms with Crippen LogP contribution in [0.5, 0.6) is 5.75 Å². The number of likely N-dealkylation sites (tertiary alicyclic amines) is 2. The summed E-state index contributed by atoms with van der Waals surface area (Å²) in [4.78, 5) is 204. The van der Waals surface area contributed by atoms with E-state index in [0.717, 1.165) is 4.90 Å². The molecule has 3 aromatic rings. The van der Waals surface area contributed by atoms with Gasteiger partial charge in [-0.3, -0.25) is 69.1 Å². The average molecular weight is 1740 g/mol. The number of aromatic hydroxyl groups is 1. The third-order valence-electron chi connectivity index (χ3n) is 21.9. The first kappa shape index (κ1) is 104. The Labute approximate surface area is 728 Å². The van der Waals surface area contributed by atoms with Crippen molar-refractivity contribution in [2.45, 2.75) is 224 Å². The molecule has 1 radical (unpaired) electrons.